The first-order valence-corrected chi connectivity index (χ1v) is 5.99. The van der Waals surface area contributed by atoms with Crippen LogP contribution < -0.4 is 0 Å². The van der Waals surface area contributed by atoms with Crippen LogP contribution in [0.5, 0.6) is 5.88 Å². The quantitative estimate of drug-likeness (QED) is 0.692. The summed E-state index contributed by atoms with van der Waals surface area (Å²) in [4.78, 5) is 15.6. The van der Waals surface area contributed by atoms with Crippen LogP contribution in [0.1, 0.15) is 17.3 Å². The lowest BCUT2D eigenvalue weighted by molar-refractivity contribution is 0.0523. The van der Waals surface area contributed by atoms with Crippen LogP contribution in [0.4, 0.5) is 0 Å². The van der Waals surface area contributed by atoms with Crippen molar-refractivity contribution in [3.05, 3.63) is 34.6 Å². The minimum atomic E-state index is -0.615. The van der Waals surface area contributed by atoms with Gasteiger partial charge in [0.05, 0.1) is 12.8 Å². The molecule has 2 rings (SSSR count). The van der Waals surface area contributed by atoms with E-state index in [1.54, 1.807) is 25.1 Å². The van der Waals surface area contributed by atoms with Crippen LogP contribution >= 0.6 is 15.9 Å². The fourth-order valence-electron chi connectivity index (χ4n) is 1.38. The number of esters is 1. The number of hydrogen-bond acceptors (Lipinski definition) is 5. The second kappa shape index (κ2) is 5.18. The number of carbonyl (C=O) groups is 1. The average Bonchev–Trinajstić information content (AvgIpc) is 2.71. The van der Waals surface area contributed by atoms with Crippen molar-refractivity contribution in [3.63, 3.8) is 0 Å². The summed E-state index contributed by atoms with van der Waals surface area (Å²) in [6, 6.07) is 5.15. The Kier molecular flexibility index (Phi) is 3.61. The third kappa shape index (κ3) is 2.35. The molecule has 0 unspecified atom stereocenters. The molecule has 18 heavy (non-hydrogen) atoms. The number of aromatic hydroxyl groups is 1. The molecule has 2 aromatic rings. The molecule has 0 aliphatic heterocycles. The smallest absolute Gasteiger partial charge is 0.345 e. The molecular weight excluding hydrogens is 302 g/mol. The van der Waals surface area contributed by atoms with Crippen LogP contribution in [0.2, 0.25) is 0 Å². The van der Waals surface area contributed by atoms with E-state index in [4.69, 9.17) is 4.74 Å². The fourth-order valence-corrected chi connectivity index (χ4v) is 1.71. The zero-order chi connectivity index (χ0) is 13.1. The van der Waals surface area contributed by atoms with Crippen molar-refractivity contribution in [2.75, 3.05) is 6.61 Å². The minimum absolute atomic E-state index is 0.0126. The van der Waals surface area contributed by atoms with Crippen molar-refractivity contribution in [2.45, 2.75) is 6.92 Å². The SMILES string of the molecule is CCOC(=O)c1cnn(-c2cccc(Br)n2)c1O. The Hall–Kier alpha value is -1.89. The molecular formula is C11H10BrN3O3. The number of hydrogen-bond donors (Lipinski definition) is 1. The molecule has 0 aliphatic rings. The number of rotatable bonds is 3. The molecule has 94 valence electrons. The second-order valence-corrected chi connectivity index (χ2v) is 4.15. The first kappa shape index (κ1) is 12.6. The van der Waals surface area contributed by atoms with Crippen LogP contribution in [0, 0.1) is 0 Å². The number of halogens is 1. The fraction of sp³-hybridized carbons (Fsp3) is 0.182. The second-order valence-electron chi connectivity index (χ2n) is 3.33. The molecule has 1 N–H and O–H groups in total. The highest BCUT2D eigenvalue weighted by molar-refractivity contribution is 9.10. The molecule has 0 saturated carbocycles. The average molecular weight is 312 g/mol. The van der Waals surface area contributed by atoms with E-state index in [-0.39, 0.29) is 18.1 Å². The monoisotopic (exact) mass is 311 g/mol. The van der Waals surface area contributed by atoms with Gasteiger partial charge in [0.15, 0.2) is 5.82 Å². The van der Waals surface area contributed by atoms with Crippen molar-refractivity contribution in [2.24, 2.45) is 0 Å². The molecule has 2 aromatic heterocycles. The zero-order valence-corrected chi connectivity index (χ0v) is 11.1. The Balaban J connectivity index is 2.39. The molecule has 2 heterocycles. The van der Waals surface area contributed by atoms with Gasteiger partial charge in [-0.05, 0) is 35.0 Å². The van der Waals surface area contributed by atoms with Gasteiger partial charge in [0.1, 0.15) is 10.2 Å². The molecule has 0 spiro atoms. The lowest BCUT2D eigenvalue weighted by Crippen LogP contribution is -2.04. The minimum Gasteiger partial charge on any atom is -0.493 e. The molecule has 0 bridgehead atoms. The molecule has 0 fully saturated rings. The lowest BCUT2D eigenvalue weighted by Gasteiger charge is -2.03. The van der Waals surface area contributed by atoms with Crippen molar-refractivity contribution >= 4 is 21.9 Å². The maximum absolute atomic E-state index is 11.5. The summed E-state index contributed by atoms with van der Waals surface area (Å²) < 4.78 is 6.57. The van der Waals surface area contributed by atoms with Gasteiger partial charge in [-0.15, -0.1) is 0 Å². The number of nitrogens with zero attached hydrogens (tertiary/aromatic N) is 3. The van der Waals surface area contributed by atoms with Gasteiger partial charge in [-0.1, -0.05) is 6.07 Å². The Morgan fingerprint density at radius 2 is 2.33 bits per heavy atom. The van der Waals surface area contributed by atoms with Gasteiger partial charge in [-0.25, -0.2) is 9.78 Å². The van der Waals surface area contributed by atoms with Crippen LogP contribution in [0.15, 0.2) is 29.0 Å². The summed E-state index contributed by atoms with van der Waals surface area (Å²) in [7, 11) is 0. The van der Waals surface area contributed by atoms with Crippen molar-refractivity contribution in [1.82, 2.24) is 14.8 Å². The first-order chi connectivity index (χ1) is 8.63. The van der Waals surface area contributed by atoms with E-state index in [2.05, 4.69) is 26.0 Å². The third-order valence-corrected chi connectivity index (χ3v) is 2.60. The van der Waals surface area contributed by atoms with Crippen LogP contribution in [-0.2, 0) is 4.74 Å². The molecule has 0 atom stereocenters. The maximum Gasteiger partial charge on any atom is 0.345 e. The largest absolute Gasteiger partial charge is 0.493 e. The highest BCUT2D eigenvalue weighted by Crippen LogP contribution is 2.21. The van der Waals surface area contributed by atoms with Gasteiger partial charge in [-0.3, -0.25) is 0 Å². The molecule has 0 amide bonds. The number of pyridine rings is 1. The molecule has 0 aliphatic carbocycles. The van der Waals surface area contributed by atoms with E-state index in [1.165, 1.54) is 6.20 Å². The van der Waals surface area contributed by atoms with Crippen molar-refractivity contribution < 1.29 is 14.6 Å². The van der Waals surface area contributed by atoms with E-state index in [9.17, 15) is 9.90 Å². The van der Waals surface area contributed by atoms with Crippen LogP contribution in [-0.4, -0.2) is 32.4 Å². The van der Waals surface area contributed by atoms with Gasteiger partial charge in [-0.2, -0.15) is 9.78 Å². The van der Waals surface area contributed by atoms with E-state index in [1.807, 2.05) is 0 Å². The van der Waals surface area contributed by atoms with Crippen LogP contribution in [0.3, 0.4) is 0 Å². The molecule has 6 nitrogen and oxygen atoms in total. The van der Waals surface area contributed by atoms with Gasteiger partial charge >= 0.3 is 5.97 Å². The summed E-state index contributed by atoms with van der Waals surface area (Å²) in [6.45, 7) is 1.92. The van der Waals surface area contributed by atoms with Gasteiger partial charge < -0.3 is 9.84 Å². The summed E-state index contributed by atoms with van der Waals surface area (Å²) in [6.07, 6.45) is 1.25. The van der Waals surface area contributed by atoms with Gasteiger partial charge in [0, 0.05) is 0 Å². The van der Waals surface area contributed by atoms with Crippen molar-refractivity contribution in [1.29, 1.82) is 0 Å². The number of ether oxygens (including phenoxy) is 1. The Labute approximate surface area is 111 Å². The van der Waals surface area contributed by atoms with Gasteiger partial charge in [0.25, 0.3) is 0 Å². The van der Waals surface area contributed by atoms with E-state index >= 15 is 0 Å². The Morgan fingerprint density at radius 1 is 1.56 bits per heavy atom. The number of aromatic nitrogens is 3. The summed E-state index contributed by atoms with van der Waals surface area (Å²) >= 11 is 3.22. The normalized spacial score (nSPS) is 10.3. The van der Waals surface area contributed by atoms with E-state index in [0.29, 0.717) is 10.4 Å². The van der Waals surface area contributed by atoms with Crippen molar-refractivity contribution in [3.8, 4) is 11.7 Å². The predicted molar refractivity (Wildman–Crippen MR) is 66.7 cm³/mol. The summed E-state index contributed by atoms with van der Waals surface area (Å²) in [5.41, 5.74) is 0.0126. The van der Waals surface area contributed by atoms with Crippen LogP contribution in [0.25, 0.3) is 5.82 Å². The van der Waals surface area contributed by atoms with E-state index < -0.39 is 5.97 Å². The predicted octanol–water partition coefficient (Wildman–Crippen LogP) is 1.91. The topological polar surface area (TPSA) is 77.2 Å². The number of carbonyl (C=O) groups excluding carboxylic acids is 1. The molecule has 0 saturated heterocycles. The third-order valence-electron chi connectivity index (χ3n) is 2.16. The summed E-state index contributed by atoms with van der Waals surface area (Å²) in [5.74, 6) is -0.507. The molecule has 7 heteroatoms. The molecule has 0 radical (unpaired) electrons. The maximum atomic E-state index is 11.5. The molecule has 0 aromatic carbocycles. The zero-order valence-electron chi connectivity index (χ0n) is 9.50. The first-order valence-electron chi connectivity index (χ1n) is 5.20. The van der Waals surface area contributed by atoms with Gasteiger partial charge in [0.2, 0.25) is 5.88 Å². The lowest BCUT2D eigenvalue weighted by atomic mass is 10.3. The Bertz CT molecular complexity index is 583. The summed E-state index contributed by atoms with van der Waals surface area (Å²) in [5, 5.41) is 13.8. The Morgan fingerprint density at radius 3 is 3.00 bits per heavy atom. The highest BCUT2D eigenvalue weighted by Gasteiger charge is 2.19. The highest BCUT2D eigenvalue weighted by atomic mass is 79.9. The van der Waals surface area contributed by atoms with E-state index in [0.717, 1.165) is 4.68 Å². The standard InChI is InChI=1S/C11H10BrN3O3/c1-2-18-11(17)7-6-13-15(10(7)16)9-5-3-4-8(12)14-9/h3-6,16H,2H2,1H3.